The molecule has 2 aromatic carbocycles. The number of hydrogen-bond acceptors (Lipinski definition) is 6. The molecule has 0 radical (unpaired) electrons. The van der Waals surface area contributed by atoms with Crippen molar-refractivity contribution < 1.29 is 23.4 Å². The standard InChI is InChI=1S/C22H22O6/c1-13(2)16-7-5-6-8-18(16)28-20-12-26-19-11-15(9-10-17(19)21(20)23)27-14(3)22(24)25-4/h5-14H,1-4H3/t14-/m1/s1. The minimum absolute atomic E-state index is 0.109. The molecule has 1 heterocycles. The molecule has 0 aliphatic rings. The molecule has 0 amide bonds. The summed E-state index contributed by atoms with van der Waals surface area (Å²) < 4.78 is 21.6. The van der Waals surface area contributed by atoms with Gasteiger partial charge in [-0.2, -0.15) is 0 Å². The van der Waals surface area contributed by atoms with Crippen molar-refractivity contribution in [2.75, 3.05) is 7.11 Å². The Balaban J connectivity index is 1.91. The average Bonchev–Trinajstić information content (AvgIpc) is 2.69. The molecule has 0 saturated carbocycles. The predicted molar refractivity (Wildman–Crippen MR) is 105 cm³/mol. The van der Waals surface area contributed by atoms with Crippen LogP contribution >= 0.6 is 0 Å². The Hall–Kier alpha value is -3.28. The van der Waals surface area contributed by atoms with Crippen LogP contribution in [0.1, 0.15) is 32.3 Å². The van der Waals surface area contributed by atoms with Gasteiger partial charge in [-0.3, -0.25) is 4.79 Å². The zero-order valence-corrected chi connectivity index (χ0v) is 16.2. The van der Waals surface area contributed by atoms with Crippen LogP contribution in [0.5, 0.6) is 17.2 Å². The summed E-state index contributed by atoms with van der Waals surface area (Å²) in [6, 6.07) is 12.3. The van der Waals surface area contributed by atoms with Crippen LogP contribution in [0.15, 0.2) is 57.9 Å². The van der Waals surface area contributed by atoms with E-state index in [0.717, 1.165) is 5.56 Å². The molecule has 0 aliphatic heterocycles. The van der Waals surface area contributed by atoms with E-state index in [1.165, 1.54) is 13.4 Å². The summed E-state index contributed by atoms with van der Waals surface area (Å²) in [6.45, 7) is 5.69. The Morgan fingerprint density at radius 2 is 1.79 bits per heavy atom. The summed E-state index contributed by atoms with van der Waals surface area (Å²) in [7, 11) is 1.29. The molecule has 3 aromatic rings. The lowest BCUT2D eigenvalue weighted by molar-refractivity contribution is -0.147. The normalized spacial score (nSPS) is 12.0. The van der Waals surface area contributed by atoms with E-state index in [1.54, 1.807) is 25.1 Å². The van der Waals surface area contributed by atoms with Crippen molar-refractivity contribution in [3.63, 3.8) is 0 Å². The number of rotatable bonds is 6. The first-order valence-corrected chi connectivity index (χ1v) is 8.97. The second kappa shape index (κ2) is 8.17. The van der Waals surface area contributed by atoms with Crippen LogP contribution in [-0.4, -0.2) is 19.2 Å². The van der Waals surface area contributed by atoms with Gasteiger partial charge < -0.3 is 18.6 Å². The van der Waals surface area contributed by atoms with E-state index in [4.69, 9.17) is 13.9 Å². The largest absolute Gasteiger partial charge is 0.479 e. The Morgan fingerprint density at radius 3 is 2.50 bits per heavy atom. The van der Waals surface area contributed by atoms with Gasteiger partial charge in [0.2, 0.25) is 11.2 Å². The Morgan fingerprint density at radius 1 is 1.04 bits per heavy atom. The highest BCUT2D eigenvalue weighted by molar-refractivity contribution is 5.79. The highest BCUT2D eigenvalue weighted by atomic mass is 16.6. The molecule has 3 rings (SSSR count). The topological polar surface area (TPSA) is 75.0 Å². The van der Waals surface area contributed by atoms with Gasteiger partial charge in [0, 0.05) is 6.07 Å². The molecule has 0 bridgehead atoms. The van der Waals surface area contributed by atoms with Gasteiger partial charge in [0.15, 0.2) is 6.10 Å². The van der Waals surface area contributed by atoms with Crippen molar-refractivity contribution in [2.24, 2.45) is 0 Å². The Labute approximate surface area is 162 Å². The maximum absolute atomic E-state index is 12.8. The smallest absolute Gasteiger partial charge is 0.346 e. The number of hydrogen-bond donors (Lipinski definition) is 0. The summed E-state index contributed by atoms with van der Waals surface area (Å²) in [5.41, 5.74) is 1.05. The summed E-state index contributed by atoms with van der Waals surface area (Å²) in [6.07, 6.45) is 0.513. The lowest BCUT2D eigenvalue weighted by Gasteiger charge is -2.14. The molecule has 146 valence electrons. The van der Waals surface area contributed by atoms with Gasteiger partial charge in [0.25, 0.3) is 0 Å². The van der Waals surface area contributed by atoms with Crippen molar-refractivity contribution in [1.82, 2.24) is 0 Å². The highest BCUT2D eigenvalue weighted by Crippen LogP contribution is 2.30. The van der Waals surface area contributed by atoms with E-state index in [2.05, 4.69) is 18.6 Å². The number of methoxy groups -OCH3 is 1. The first-order valence-electron chi connectivity index (χ1n) is 8.97. The number of carbonyl (C=O) groups excluding carboxylic acids is 1. The molecule has 6 nitrogen and oxygen atoms in total. The first-order chi connectivity index (χ1) is 13.4. The monoisotopic (exact) mass is 382 g/mol. The van der Waals surface area contributed by atoms with Gasteiger partial charge in [-0.05, 0) is 36.6 Å². The fraction of sp³-hybridized carbons (Fsp3) is 0.273. The minimum atomic E-state index is -0.774. The molecule has 0 spiro atoms. The van der Waals surface area contributed by atoms with Crippen LogP contribution in [0.2, 0.25) is 0 Å². The molecule has 1 atom stereocenters. The van der Waals surface area contributed by atoms with Gasteiger partial charge >= 0.3 is 5.97 Å². The van der Waals surface area contributed by atoms with Gasteiger partial charge in [-0.15, -0.1) is 0 Å². The summed E-state index contributed by atoms with van der Waals surface area (Å²) in [5, 5.41) is 0.359. The van der Waals surface area contributed by atoms with Crippen LogP contribution in [0.25, 0.3) is 11.0 Å². The second-order valence-electron chi connectivity index (χ2n) is 6.66. The van der Waals surface area contributed by atoms with Crippen LogP contribution in [0.4, 0.5) is 0 Å². The lowest BCUT2D eigenvalue weighted by Crippen LogP contribution is -2.24. The number of fused-ring (bicyclic) bond motifs is 1. The highest BCUT2D eigenvalue weighted by Gasteiger charge is 2.17. The molecule has 1 aromatic heterocycles. The van der Waals surface area contributed by atoms with Crippen LogP contribution in [0.3, 0.4) is 0 Å². The minimum Gasteiger partial charge on any atom is -0.479 e. The summed E-state index contributed by atoms with van der Waals surface area (Å²) in [5.74, 6) is 0.884. The van der Waals surface area contributed by atoms with E-state index in [1.807, 2.05) is 24.3 Å². The molecule has 28 heavy (non-hydrogen) atoms. The maximum Gasteiger partial charge on any atom is 0.346 e. The maximum atomic E-state index is 12.8. The van der Waals surface area contributed by atoms with Crippen molar-refractivity contribution in [3.8, 4) is 17.2 Å². The average molecular weight is 382 g/mol. The van der Waals surface area contributed by atoms with Gasteiger partial charge in [-0.25, -0.2) is 4.79 Å². The fourth-order valence-corrected chi connectivity index (χ4v) is 2.82. The number of benzene rings is 2. The quantitative estimate of drug-likeness (QED) is 0.578. The van der Waals surface area contributed by atoms with Gasteiger partial charge in [0.05, 0.1) is 12.5 Å². The van der Waals surface area contributed by atoms with E-state index < -0.39 is 12.1 Å². The summed E-state index contributed by atoms with van der Waals surface area (Å²) >= 11 is 0. The number of esters is 1. The number of carbonyl (C=O) groups is 1. The molecule has 0 aliphatic carbocycles. The summed E-state index contributed by atoms with van der Waals surface area (Å²) in [4.78, 5) is 24.3. The molecular weight excluding hydrogens is 360 g/mol. The SMILES string of the molecule is COC(=O)[C@@H](C)Oc1ccc2c(=O)c(Oc3ccccc3C(C)C)coc2c1. The Bertz CT molecular complexity index is 1050. The third kappa shape index (κ3) is 4.01. The van der Waals surface area contributed by atoms with Crippen molar-refractivity contribution in [1.29, 1.82) is 0 Å². The van der Waals surface area contributed by atoms with E-state index >= 15 is 0 Å². The van der Waals surface area contributed by atoms with E-state index in [-0.39, 0.29) is 17.1 Å². The second-order valence-corrected chi connectivity index (χ2v) is 6.66. The van der Waals surface area contributed by atoms with Crippen molar-refractivity contribution in [2.45, 2.75) is 32.8 Å². The zero-order chi connectivity index (χ0) is 20.3. The molecule has 0 N–H and O–H groups in total. The van der Waals surface area contributed by atoms with Gasteiger partial charge in [0.1, 0.15) is 23.3 Å². The first kappa shape index (κ1) is 19.5. The van der Waals surface area contributed by atoms with E-state index in [0.29, 0.717) is 22.5 Å². The number of para-hydroxylation sites is 1. The molecule has 0 saturated heterocycles. The van der Waals surface area contributed by atoms with E-state index in [9.17, 15) is 9.59 Å². The fourth-order valence-electron chi connectivity index (χ4n) is 2.82. The predicted octanol–water partition coefficient (Wildman–Crippen LogP) is 4.65. The van der Waals surface area contributed by atoms with Crippen LogP contribution in [-0.2, 0) is 9.53 Å². The van der Waals surface area contributed by atoms with Crippen LogP contribution < -0.4 is 14.9 Å². The number of ether oxygens (including phenoxy) is 3. The molecule has 0 fully saturated rings. The van der Waals surface area contributed by atoms with Crippen molar-refractivity contribution >= 4 is 16.9 Å². The molecule has 0 unspecified atom stereocenters. The van der Waals surface area contributed by atoms with Crippen molar-refractivity contribution in [3.05, 3.63) is 64.5 Å². The van der Waals surface area contributed by atoms with Crippen LogP contribution in [0, 0.1) is 0 Å². The van der Waals surface area contributed by atoms with Gasteiger partial charge in [-0.1, -0.05) is 32.0 Å². The molecular formula is C22H22O6. The lowest BCUT2D eigenvalue weighted by atomic mass is 10.0. The third-order valence-electron chi connectivity index (χ3n) is 4.32. The molecule has 6 heteroatoms. The zero-order valence-electron chi connectivity index (χ0n) is 16.2. The third-order valence-corrected chi connectivity index (χ3v) is 4.32. The Kier molecular flexibility index (Phi) is 5.68.